The zero-order chi connectivity index (χ0) is 16.2. The van der Waals surface area contributed by atoms with Gasteiger partial charge < -0.3 is 24.8 Å². The minimum atomic E-state index is -1.32. The molecule has 1 saturated heterocycles. The second kappa shape index (κ2) is 6.98. The van der Waals surface area contributed by atoms with Gasteiger partial charge in [0.05, 0.1) is 14.2 Å². The molecule has 2 N–H and O–H groups in total. The summed E-state index contributed by atoms with van der Waals surface area (Å²) >= 11 is 0. The van der Waals surface area contributed by atoms with E-state index in [1.165, 1.54) is 0 Å². The van der Waals surface area contributed by atoms with E-state index in [4.69, 9.17) is 9.47 Å². The van der Waals surface area contributed by atoms with Gasteiger partial charge in [0.15, 0.2) is 17.1 Å². The summed E-state index contributed by atoms with van der Waals surface area (Å²) < 4.78 is 10.7. The molecule has 0 saturated carbocycles. The lowest BCUT2D eigenvalue weighted by Gasteiger charge is -2.38. The molecule has 1 amide bonds. The highest BCUT2D eigenvalue weighted by molar-refractivity contribution is 5.86. The van der Waals surface area contributed by atoms with E-state index in [1.807, 2.05) is 18.2 Å². The SMILES string of the molecule is CNC[C@@]1(O)CCCN(Cc2cccc(OC)c2OC)C1=O. The van der Waals surface area contributed by atoms with Crippen molar-refractivity contribution in [1.29, 1.82) is 0 Å². The summed E-state index contributed by atoms with van der Waals surface area (Å²) in [5, 5.41) is 13.4. The van der Waals surface area contributed by atoms with Crippen molar-refractivity contribution in [2.75, 3.05) is 34.4 Å². The monoisotopic (exact) mass is 308 g/mol. The molecule has 1 atom stereocenters. The zero-order valence-corrected chi connectivity index (χ0v) is 13.4. The first kappa shape index (κ1) is 16.6. The van der Waals surface area contributed by atoms with Crippen LogP contribution in [-0.2, 0) is 11.3 Å². The summed E-state index contributed by atoms with van der Waals surface area (Å²) in [4.78, 5) is 14.2. The Kier molecular flexibility index (Phi) is 5.26. The van der Waals surface area contributed by atoms with Crippen molar-refractivity contribution in [2.45, 2.75) is 25.0 Å². The van der Waals surface area contributed by atoms with Gasteiger partial charge >= 0.3 is 0 Å². The van der Waals surface area contributed by atoms with Crippen LogP contribution in [0.5, 0.6) is 11.5 Å². The number of likely N-dealkylation sites (tertiary alicyclic amines) is 1. The van der Waals surface area contributed by atoms with E-state index in [1.54, 1.807) is 26.2 Å². The van der Waals surface area contributed by atoms with E-state index in [0.29, 0.717) is 31.0 Å². The summed E-state index contributed by atoms with van der Waals surface area (Å²) in [5.41, 5.74) is -0.456. The predicted octanol–water partition coefficient (Wildman–Crippen LogP) is 0.777. The number of benzene rings is 1. The molecule has 0 bridgehead atoms. The fraction of sp³-hybridized carbons (Fsp3) is 0.562. The number of nitrogens with one attached hydrogen (secondary N) is 1. The number of nitrogens with zero attached hydrogens (tertiary/aromatic N) is 1. The number of rotatable bonds is 6. The number of para-hydroxylation sites is 1. The maximum Gasteiger partial charge on any atom is 0.256 e. The number of likely N-dealkylation sites (N-methyl/N-ethyl adjacent to an activating group) is 1. The number of hydrogen-bond donors (Lipinski definition) is 2. The number of carbonyl (C=O) groups is 1. The summed E-state index contributed by atoms with van der Waals surface area (Å²) in [7, 11) is 4.89. The quantitative estimate of drug-likeness (QED) is 0.812. The molecule has 1 aliphatic heterocycles. The molecule has 0 aromatic heterocycles. The first-order chi connectivity index (χ1) is 10.6. The van der Waals surface area contributed by atoms with E-state index in [2.05, 4.69) is 5.32 Å². The Bertz CT molecular complexity index is 531. The fourth-order valence-corrected chi connectivity index (χ4v) is 2.96. The second-order valence-electron chi connectivity index (χ2n) is 5.54. The molecule has 2 rings (SSSR count). The molecule has 0 aliphatic carbocycles. The number of amides is 1. The molecule has 1 heterocycles. The molecular formula is C16H24N2O4. The van der Waals surface area contributed by atoms with Crippen LogP contribution >= 0.6 is 0 Å². The van der Waals surface area contributed by atoms with E-state index < -0.39 is 5.60 Å². The van der Waals surface area contributed by atoms with Crippen LogP contribution in [0.3, 0.4) is 0 Å². The van der Waals surface area contributed by atoms with Gasteiger partial charge in [0.25, 0.3) is 5.91 Å². The molecule has 1 fully saturated rings. The molecule has 122 valence electrons. The van der Waals surface area contributed by atoms with Gasteiger partial charge in [-0.15, -0.1) is 0 Å². The Hall–Kier alpha value is -1.79. The van der Waals surface area contributed by atoms with Gasteiger partial charge in [-0.25, -0.2) is 0 Å². The van der Waals surface area contributed by atoms with Gasteiger partial charge in [0.1, 0.15) is 0 Å². The maximum atomic E-state index is 12.6. The van der Waals surface area contributed by atoms with Crippen LogP contribution in [0.15, 0.2) is 18.2 Å². The van der Waals surface area contributed by atoms with Crippen LogP contribution in [0, 0.1) is 0 Å². The van der Waals surface area contributed by atoms with Gasteiger partial charge in [-0.1, -0.05) is 12.1 Å². The van der Waals surface area contributed by atoms with Crippen molar-refractivity contribution in [3.63, 3.8) is 0 Å². The first-order valence-electron chi connectivity index (χ1n) is 7.42. The third-order valence-electron chi connectivity index (χ3n) is 4.02. The van der Waals surface area contributed by atoms with Crippen molar-refractivity contribution in [2.24, 2.45) is 0 Å². The lowest BCUT2D eigenvalue weighted by Crippen LogP contribution is -2.57. The van der Waals surface area contributed by atoms with Gasteiger partial charge in [0.2, 0.25) is 0 Å². The standard InChI is InChI=1S/C16H24N2O4/c1-17-11-16(20)8-5-9-18(15(16)19)10-12-6-4-7-13(21-2)14(12)22-3/h4,6-7,17,20H,5,8-11H2,1-3H3/t16-/m0/s1. The van der Waals surface area contributed by atoms with Gasteiger partial charge in [0, 0.05) is 25.2 Å². The molecular weight excluding hydrogens is 284 g/mol. The topological polar surface area (TPSA) is 71.0 Å². The molecule has 1 aliphatic rings. The lowest BCUT2D eigenvalue weighted by atomic mass is 9.91. The highest BCUT2D eigenvalue weighted by atomic mass is 16.5. The van der Waals surface area contributed by atoms with E-state index >= 15 is 0 Å². The third-order valence-corrected chi connectivity index (χ3v) is 4.02. The van der Waals surface area contributed by atoms with E-state index in [0.717, 1.165) is 12.0 Å². The number of carbonyl (C=O) groups excluding carboxylic acids is 1. The Balaban J connectivity index is 2.22. The fourth-order valence-electron chi connectivity index (χ4n) is 2.96. The molecule has 0 radical (unpaired) electrons. The molecule has 6 heteroatoms. The molecule has 0 unspecified atom stereocenters. The van der Waals surface area contributed by atoms with Gasteiger partial charge in [-0.05, 0) is 26.0 Å². The number of ether oxygens (including phenoxy) is 2. The smallest absolute Gasteiger partial charge is 0.256 e. The number of methoxy groups -OCH3 is 2. The number of piperidine rings is 1. The molecule has 22 heavy (non-hydrogen) atoms. The van der Waals surface area contributed by atoms with Crippen LogP contribution in [0.25, 0.3) is 0 Å². The minimum absolute atomic E-state index is 0.238. The van der Waals surface area contributed by atoms with Crippen molar-refractivity contribution >= 4 is 5.91 Å². The number of hydrogen-bond acceptors (Lipinski definition) is 5. The second-order valence-corrected chi connectivity index (χ2v) is 5.54. The van der Waals surface area contributed by atoms with Gasteiger partial charge in [-0.2, -0.15) is 0 Å². The summed E-state index contributed by atoms with van der Waals surface area (Å²) in [6, 6.07) is 5.59. The molecule has 6 nitrogen and oxygen atoms in total. The van der Waals surface area contributed by atoms with Crippen molar-refractivity contribution < 1.29 is 19.4 Å². The Labute approximate surface area is 131 Å². The summed E-state index contributed by atoms with van der Waals surface area (Å²) in [6.07, 6.45) is 1.26. The summed E-state index contributed by atoms with van der Waals surface area (Å²) in [6.45, 7) is 1.29. The predicted molar refractivity (Wildman–Crippen MR) is 83.1 cm³/mol. The third kappa shape index (κ3) is 3.18. The van der Waals surface area contributed by atoms with Crippen molar-refractivity contribution in [3.8, 4) is 11.5 Å². The minimum Gasteiger partial charge on any atom is -0.493 e. The highest BCUT2D eigenvalue weighted by Crippen LogP contribution is 2.33. The first-order valence-corrected chi connectivity index (χ1v) is 7.42. The average molecular weight is 308 g/mol. The van der Waals surface area contributed by atoms with Crippen LogP contribution in [-0.4, -0.2) is 55.9 Å². The van der Waals surface area contributed by atoms with Crippen molar-refractivity contribution in [3.05, 3.63) is 23.8 Å². The van der Waals surface area contributed by atoms with Crippen LogP contribution in [0.1, 0.15) is 18.4 Å². The van der Waals surface area contributed by atoms with Crippen LogP contribution in [0.2, 0.25) is 0 Å². The largest absolute Gasteiger partial charge is 0.493 e. The lowest BCUT2D eigenvalue weighted by molar-refractivity contribution is -0.157. The van der Waals surface area contributed by atoms with E-state index in [-0.39, 0.29) is 12.5 Å². The zero-order valence-electron chi connectivity index (χ0n) is 13.4. The Morgan fingerprint density at radius 2 is 2.14 bits per heavy atom. The normalized spacial score (nSPS) is 21.8. The Morgan fingerprint density at radius 1 is 1.36 bits per heavy atom. The molecule has 1 aromatic rings. The van der Waals surface area contributed by atoms with Crippen LogP contribution < -0.4 is 14.8 Å². The van der Waals surface area contributed by atoms with Crippen molar-refractivity contribution in [1.82, 2.24) is 10.2 Å². The molecule has 1 aromatic carbocycles. The van der Waals surface area contributed by atoms with E-state index in [9.17, 15) is 9.90 Å². The van der Waals surface area contributed by atoms with Crippen LogP contribution in [0.4, 0.5) is 0 Å². The highest BCUT2D eigenvalue weighted by Gasteiger charge is 2.41. The molecule has 0 spiro atoms. The average Bonchev–Trinajstić information content (AvgIpc) is 2.52. The maximum absolute atomic E-state index is 12.6. The van der Waals surface area contributed by atoms with Gasteiger partial charge in [-0.3, -0.25) is 4.79 Å². The Morgan fingerprint density at radius 3 is 2.77 bits per heavy atom. The number of aliphatic hydroxyl groups is 1. The summed E-state index contributed by atoms with van der Waals surface area (Å²) in [5.74, 6) is 1.02.